The maximum atomic E-state index is 11.3. The van der Waals surface area contributed by atoms with Crippen LogP contribution in [-0.2, 0) is 9.59 Å². The lowest BCUT2D eigenvalue weighted by Gasteiger charge is -2.08. The van der Waals surface area contributed by atoms with Crippen LogP contribution in [-0.4, -0.2) is 23.5 Å². The van der Waals surface area contributed by atoms with E-state index in [4.69, 9.17) is 22.1 Å². The third-order valence-electron chi connectivity index (χ3n) is 1.78. The Morgan fingerprint density at radius 3 is 2.62 bits per heavy atom. The third-order valence-corrected chi connectivity index (χ3v) is 2.64. The van der Waals surface area contributed by atoms with E-state index in [-0.39, 0.29) is 6.61 Å². The normalized spacial score (nSPS) is 11.9. The summed E-state index contributed by atoms with van der Waals surface area (Å²) in [5.41, 5.74) is 4.92. The first kappa shape index (κ1) is 12.9. The number of ether oxygens (including phenoxy) is 1. The van der Waals surface area contributed by atoms with E-state index >= 15 is 0 Å². The Bertz CT molecular complexity index is 411. The van der Waals surface area contributed by atoms with E-state index in [1.165, 1.54) is 0 Å². The molecule has 0 spiro atoms. The van der Waals surface area contributed by atoms with Crippen molar-refractivity contribution in [3.05, 3.63) is 29.3 Å². The summed E-state index contributed by atoms with van der Waals surface area (Å²) in [6, 6.07) is 6.71. The molecule has 1 rings (SSSR count). The molecule has 0 aliphatic rings. The van der Waals surface area contributed by atoms with Gasteiger partial charge in [0.1, 0.15) is 17.6 Å². The Kier molecular flexibility index (Phi) is 4.64. The quantitative estimate of drug-likeness (QED) is 0.614. The Balaban J connectivity index is 2.56. The van der Waals surface area contributed by atoms with Crippen molar-refractivity contribution >= 4 is 35.9 Å². The van der Waals surface area contributed by atoms with Gasteiger partial charge in [-0.05, 0) is 12.1 Å². The second-order valence-corrected chi connectivity index (χ2v) is 3.91. The number of hydrogen-bond acceptors (Lipinski definition) is 4. The molecule has 0 aliphatic carbocycles. The van der Waals surface area contributed by atoms with Crippen molar-refractivity contribution in [3.63, 3.8) is 0 Å². The fourth-order valence-corrected chi connectivity index (χ4v) is 1.21. The predicted octanol–water partition coefficient (Wildman–Crippen LogP) is 1.07. The van der Waals surface area contributed by atoms with Gasteiger partial charge < -0.3 is 10.5 Å². The molecule has 4 nitrogen and oxygen atoms in total. The minimum absolute atomic E-state index is 0.291. The van der Waals surface area contributed by atoms with Gasteiger partial charge in [-0.3, -0.25) is 9.59 Å². The van der Waals surface area contributed by atoms with E-state index in [2.05, 4.69) is 12.6 Å². The molecule has 86 valence electrons. The average molecular weight is 260 g/mol. The number of rotatable bonds is 5. The van der Waals surface area contributed by atoms with Gasteiger partial charge in [-0.15, -0.1) is 0 Å². The standard InChI is InChI=1S/C10H10ClNO3S/c11-6-3-1-2-4-8(6)15-5-7(13)9(16)10(12)14/h1-4,9,16H,5H2,(H2,12,14). The molecular formula is C10H10ClNO3S. The molecule has 0 radical (unpaired) electrons. The molecule has 1 aromatic carbocycles. The second-order valence-electron chi connectivity index (χ2n) is 2.99. The number of carbonyl (C=O) groups excluding carboxylic acids is 2. The topological polar surface area (TPSA) is 69.4 Å². The van der Waals surface area contributed by atoms with E-state index < -0.39 is 16.9 Å². The van der Waals surface area contributed by atoms with E-state index in [0.29, 0.717) is 10.8 Å². The fourth-order valence-electron chi connectivity index (χ4n) is 0.948. The van der Waals surface area contributed by atoms with Gasteiger partial charge in [-0.25, -0.2) is 0 Å². The van der Waals surface area contributed by atoms with E-state index in [9.17, 15) is 9.59 Å². The molecule has 1 aromatic rings. The molecule has 1 unspecified atom stereocenters. The van der Waals surface area contributed by atoms with Crippen molar-refractivity contribution in [2.24, 2.45) is 5.73 Å². The highest BCUT2D eigenvalue weighted by Crippen LogP contribution is 2.23. The van der Waals surface area contributed by atoms with Crippen molar-refractivity contribution in [2.75, 3.05) is 6.61 Å². The molecule has 1 amide bonds. The lowest BCUT2D eigenvalue weighted by Crippen LogP contribution is -2.34. The average Bonchev–Trinajstić information content (AvgIpc) is 2.26. The number of thiol groups is 1. The zero-order valence-electron chi connectivity index (χ0n) is 8.22. The number of hydrogen-bond donors (Lipinski definition) is 2. The molecule has 6 heteroatoms. The Morgan fingerprint density at radius 1 is 1.44 bits per heavy atom. The van der Waals surface area contributed by atoms with E-state index in [1.54, 1.807) is 24.3 Å². The Hall–Kier alpha value is -1.20. The number of benzene rings is 1. The molecule has 2 N–H and O–H groups in total. The van der Waals surface area contributed by atoms with Crippen molar-refractivity contribution in [1.82, 2.24) is 0 Å². The zero-order chi connectivity index (χ0) is 12.1. The molecular weight excluding hydrogens is 250 g/mol. The maximum Gasteiger partial charge on any atom is 0.238 e. The van der Waals surface area contributed by atoms with Gasteiger partial charge >= 0.3 is 0 Å². The monoisotopic (exact) mass is 259 g/mol. The number of carbonyl (C=O) groups is 2. The van der Waals surface area contributed by atoms with Crippen LogP contribution in [0.1, 0.15) is 0 Å². The number of para-hydroxylation sites is 1. The minimum Gasteiger partial charge on any atom is -0.484 e. The summed E-state index contributed by atoms with van der Waals surface area (Å²) in [6.07, 6.45) is 0. The van der Waals surface area contributed by atoms with Gasteiger partial charge in [0.15, 0.2) is 5.78 Å². The summed E-state index contributed by atoms with van der Waals surface area (Å²) in [5.74, 6) is -0.922. The van der Waals surface area contributed by atoms with Crippen molar-refractivity contribution in [2.45, 2.75) is 5.25 Å². The summed E-state index contributed by atoms with van der Waals surface area (Å²) in [6.45, 7) is -0.291. The second kappa shape index (κ2) is 5.77. The summed E-state index contributed by atoms with van der Waals surface area (Å²) in [7, 11) is 0. The van der Waals surface area contributed by atoms with Crippen LogP contribution in [0.4, 0.5) is 0 Å². The predicted molar refractivity (Wildman–Crippen MR) is 63.9 cm³/mol. The van der Waals surface area contributed by atoms with Crippen LogP contribution in [0.25, 0.3) is 0 Å². The van der Waals surface area contributed by atoms with Crippen LogP contribution in [0, 0.1) is 0 Å². The lowest BCUT2D eigenvalue weighted by atomic mass is 10.3. The highest BCUT2D eigenvalue weighted by Gasteiger charge is 2.20. The SMILES string of the molecule is NC(=O)C(S)C(=O)COc1ccccc1Cl. The van der Waals surface area contributed by atoms with Crippen molar-refractivity contribution in [1.29, 1.82) is 0 Å². The Labute approximate surface area is 103 Å². The molecule has 1 atom stereocenters. The summed E-state index contributed by atoms with van der Waals surface area (Å²) < 4.78 is 5.13. The smallest absolute Gasteiger partial charge is 0.238 e. The molecule has 0 aromatic heterocycles. The number of primary amides is 1. The van der Waals surface area contributed by atoms with Gasteiger partial charge in [0.25, 0.3) is 0 Å². The molecule has 0 fully saturated rings. The first-order chi connectivity index (χ1) is 7.52. The highest BCUT2D eigenvalue weighted by atomic mass is 35.5. The van der Waals surface area contributed by atoms with Crippen LogP contribution in [0.2, 0.25) is 5.02 Å². The van der Waals surface area contributed by atoms with Gasteiger partial charge in [-0.2, -0.15) is 12.6 Å². The molecule has 0 saturated heterocycles. The molecule has 0 saturated carbocycles. The summed E-state index contributed by atoms with van der Waals surface area (Å²) in [4.78, 5) is 22.0. The number of ketones is 1. The Morgan fingerprint density at radius 2 is 2.06 bits per heavy atom. The summed E-state index contributed by atoms with van der Waals surface area (Å²) in [5, 5.41) is -0.757. The first-order valence-corrected chi connectivity index (χ1v) is 5.29. The van der Waals surface area contributed by atoms with Gasteiger partial charge in [0.2, 0.25) is 5.91 Å². The molecule has 16 heavy (non-hydrogen) atoms. The van der Waals surface area contributed by atoms with Crippen molar-refractivity contribution < 1.29 is 14.3 Å². The number of nitrogens with two attached hydrogens (primary N) is 1. The van der Waals surface area contributed by atoms with Crippen LogP contribution >= 0.6 is 24.2 Å². The first-order valence-electron chi connectivity index (χ1n) is 4.40. The molecule has 0 heterocycles. The van der Waals surface area contributed by atoms with Gasteiger partial charge in [0, 0.05) is 0 Å². The van der Waals surface area contributed by atoms with E-state index in [1.807, 2.05) is 0 Å². The number of amides is 1. The largest absolute Gasteiger partial charge is 0.484 e. The third kappa shape index (κ3) is 3.43. The highest BCUT2D eigenvalue weighted by molar-refractivity contribution is 7.82. The number of Topliss-reactive ketones (excluding diaryl/α,β-unsaturated/α-hetero) is 1. The van der Waals surface area contributed by atoms with Crippen LogP contribution < -0.4 is 10.5 Å². The maximum absolute atomic E-state index is 11.3. The van der Waals surface area contributed by atoms with Crippen LogP contribution in [0.5, 0.6) is 5.75 Å². The van der Waals surface area contributed by atoms with Gasteiger partial charge in [0.05, 0.1) is 5.02 Å². The zero-order valence-corrected chi connectivity index (χ0v) is 9.87. The minimum atomic E-state index is -1.15. The van der Waals surface area contributed by atoms with Crippen LogP contribution in [0.15, 0.2) is 24.3 Å². The van der Waals surface area contributed by atoms with E-state index in [0.717, 1.165) is 0 Å². The lowest BCUT2D eigenvalue weighted by molar-refractivity contribution is -0.126. The molecule has 0 bridgehead atoms. The summed E-state index contributed by atoms with van der Waals surface area (Å²) >= 11 is 9.56. The van der Waals surface area contributed by atoms with Gasteiger partial charge in [-0.1, -0.05) is 23.7 Å². The van der Waals surface area contributed by atoms with Crippen LogP contribution in [0.3, 0.4) is 0 Å². The fraction of sp³-hybridized carbons (Fsp3) is 0.200. The number of halogens is 1. The van der Waals surface area contributed by atoms with Crippen molar-refractivity contribution in [3.8, 4) is 5.75 Å². The molecule has 0 aliphatic heterocycles.